The number of nitrogens with one attached hydrogen (secondary N) is 2. The molecular formula is C14H20N2O. The Morgan fingerprint density at radius 2 is 2.12 bits per heavy atom. The first-order chi connectivity index (χ1) is 8.08. The minimum atomic E-state index is 0.0932. The molecule has 2 N–H and O–H groups in total. The summed E-state index contributed by atoms with van der Waals surface area (Å²) in [6.45, 7) is 7.93. The van der Waals surface area contributed by atoms with Crippen molar-refractivity contribution < 1.29 is 4.79 Å². The Hall–Kier alpha value is -1.35. The first-order valence-corrected chi connectivity index (χ1v) is 6.17. The maximum Gasteiger partial charge on any atom is 0.229 e. The topological polar surface area (TPSA) is 41.1 Å². The number of carbonyl (C=O) groups is 1. The quantitative estimate of drug-likeness (QED) is 0.820. The Morgan fingerprint density at radius 3 is 2.71 bits per heavy atom. The molecule has 0 bridgehead atoms. The fourth-order valence-corrected chi connectivity index (χ4v) is 2.34. The summed E-state index contributed by atoms with van der Waals surface area (Å²) in [7, 11) is 0. The van der Waals surface area contributed by atoms with Crippen LogP contribution in [0.2, 0.25) is 0 Å². The summed E-state index contributed by atoms with van der Waals surface area (Å²) < 4.78 is 0. The molecule has 2 rings (SSSR count). The molecule has 1 aliphatic rings. The van der Waals surface area contributed by atoms with Crippen molar-refractivity contribution in [2.24, 2.45) is 11.8 Å². The van der Waals surface area contributed by atoms with E-state index in [4.69, 9.17) is 0 Å². The van der Waals surface area contributed by atoms with Crippen LogP contribution in [0.1, 0.15) is 18.1 Å². The maximum absolute atomic E-state index is 12.1. The zero-order chi connectivity index (χ0) is 12.4. The van der Waals surface area contributed by atoms with Crippen molar-refractivity contribution in [3.8, 4) is 0 Å². The van der Waals surface area contributed by atoms with Crippen LogP contribution in [0.25, 0.3) is 0 Å². The summed E-state index contributed by atoms with van der Waals surface area (Å²) in [6.07, 6.45) is 0. The van der Waals surface area contributed by atoms with Gasteiger partial charge in [-0.25, -0.2) is 0 Å². The van der Waals surface area contributed by atoms with Crippen LogP contribution in [0.5, 0.6) is 0 Å². The van der Waals surface area contributed by atoms with Gasteiger partial charge in [0.1, 0.15) is 0 Å². The van der Waals surface area contributed by atoms with Crippen molar-refractivity contribution in [3.63, 3.8) is 0 Å². The Balaban J connectivity index is 2.07. The molecule has 1 aromatic rings. The Bertz CT molecular complexity index is 428. The summed E-state index contributed by atoms with van der Waals surface area (Å²) >= 11 is 0. The average Bonchev–Trinajstić information content (AvgIpc) is 2.68. The van der Waals surface area contributed by atoms with Crippen molar-refractivity contribution in [1.82, 2.24) is 5.32 Å². The van der Waals surface area contributed by atoms with Crippen LogP contribution in [-0.4, -0.2) is 19.0 Å². The van der Waals surface area contributed by atoms with Gasteiger partial charge >= 0.3 is 0 Å². The number of amides is 1. The second-order valence-electron chi connectivity index (χ2n) is 5.05. The highest BCUT2D eigenvalue weighted by molar-refractivity contribution is 5.93. The number of carbonyl (C=O) groups excluding carboxylic acids is 1. The van der Waals surface area contributed by atoms with Crippen molar-refractivity contribution in [2.75, 3.05) is 18.4 Å². The van der Waals surface area contributed by atoms with Crippen LogP contribution in [0.3, 0.4) is 0 Å². The monoisotopic (exact) mass is 232 g/mol. The van der Waals surface area contributed by atoms with Crippen molar-refractivity contribution in [2.45, 2.75) is 20.8 Å². The molecule has 0 unspecified atom stereocenters. The molecule has 2 atom stereocenters. The van der Waals surface area contributed by atoms with E-state index in [9.17, 15) is 4.79 Å². The van der Waals surface area contributed by atoms with E-state index in [2.05, 4.69) is 30.5 Å². The van der Waals surface area contributed by atoms with E-state index in [-0.39, 0.29) is 11.8 Å². The first-order valence-electron chi connectivity index (χ1n) is 6.17. The molecule has 1 saturated heterocycles. The highest BCUT2D eigenvalue weighted by atomic mass is 16.1. The minimum Gasteiger partial charge on any atom is -0.326 e. The Kier molecular flexibility index (Phi) is 3.48. The van der Waals surface area contributed by atoms with E-state index in [1.807, 2.05) is 19.1 Å². The molecule has 0 aliphatic carbocycles. The van der Waals surface area contributed by atoms with Gasteiger partial charge in [-0.2, -0.15) is 0 Å². The number of rotatable bonds is 2. The van der Waals surface area contributed by atoms with E-state index < -0.39 is 0 Å². The SMILES string of the molecule is Cc1ccc(NC(=O)[C@@H]2CNC[C@H]2C)c(C)c1. The molecule has 3 heteroatoms. The molecule has 1 aliphatic heterocycles. The molecule has 0 radical (unpaired) electrons. The lowest BCUT2D eigenvalue weighted by Gasteiger charge is -2.15. The normalized spacial score (nSPS) is 23.7. The first kappa shape index (κ1) is 12.1. The number of benzene rings is 1. The van der Waals surface area contributed by atoms with Gasteiger partial charge in [0.2, 0.25) is 5.91 Å². The third kappa shape index (κ3) is 2.67. The summed E-state index contributed by atoms with van der Waals surface area (Å²) in [5.74, 6) is 0.644. The Labute approximate surface area is 103 Å². The molecule has 1 aromatic carbocycles. The lowest BCUT2D eigenvalue weighted by Crippen LogP contribution is -2.28. The molecule has 1 amide bonds. The molecule has 1 fully saturated rings. The van der Waals surface area contributed by atoms with E-state index in [0.717, 1.165) is 24.3 Å². The Morgan fingerprint density at radius 1 is 1.35 bits per heavy atom. The van der Waals surface area contributed by atoms with Gasteiger partial charge in [-0.05, 0) is 37.9 Å². The van der Waals surface area contributed by atoms with E-state index in [0.29, 0.717) is 5.92 Å². The predicted molar refractivity (Wildman–Crippen MR) is 70.1 cm³/mol. The standard InChI is InChI=1S/C14H20N2O/c1-9-4-5-13(10(2)6-9)16-14(17)12-8-15-7-11(12)3/h4-6,11-12,15H,7-8H2,1-3H3,(H,16,17)/t11-,12-/m1/s1. The third-order valence-electron chi connectivity index (χ3n) is 3.49. The largest absolute Gasteiger partial charge is 0.326 e. The van der Waals surface area contributed by atoms with Gasteiger partial charge < -0.3 is 10.6 Å². The summed E-state index contributed by atoms with van der Waals surface area (Å²) in [5.41, 5.74) is 3.27. The number of aryl methyl sites for hydroxylation is 2. The molecular weight excluding hydrogens is 212 g/mol. The van der Waals surface area contributed by atoms with Crippen LogP contribution < -0.4 is 10.6 Å². The highest BCUT2D eigenvalue weighted by Crippen LogP contribution is 2.21. The number of anilines is 1. The van der Waals surface area contributed by atoms with Crippen LogP contribution in [0.15, 0.2) is 18.2 Å². The lowest BCUT2D eigenvalue weighted by molar-refractivity contribution is -0.120. The van der Waals surface area contributed by atoms with Crippen molar-refractivity contribution in [1.29, 1.82) is 0 Å². The zero-order valence-electron chi connectivity index (χ0n) is 10.7. The summed E-state index contributed by atoms with van der Waals surface area (Å²) in [5, 5.41) is 6.28. The summed E-state index contributed by atoms with van der Waals surface area (Å²) in [4.78, 5) is 12.1. The predicted octanol–water partition coefficient (Wildman–Crippen LogP) is 2.10. The average molecular weight is 232 g/mol. The van der Waals surface area contributed by atoms with E-state index in [1.165, 1.54) is 5.56 Å². The molecule has 0 saturated carbocycles. The van der Waals surface area contributed by atoms with Gasteiger partial charge in [0, 0.05) is 12.2 Å². The van der Waals surface area contributed by atoms with E-state index in [1.54, 1.807) is 0 Å². The van der Waals surface area contributed by atoms with Gasteiger partial charge in [0.15, 0.2) is 0 Å². The van der Waals surface area contributed by atoms with Crippen LogP contribution in [-0.2, 0) is 4.79 Å². The number of hydrogen-bond acceptors (Lipinski definition) is 2. The molecule has 92 valence electrons. The third-order valence-corrected chi connectivity index (χ3v) is 3.49. The van der Waals surface area contributed by atoms with Gasteiger partial charge in [-0.3, -0.25) is 4.79 Å². The summed E-state index contributed by atoms with van der Waals surface area (Å²) in [6, 6.07) is 6.10. The van der Waals surface area contributed by atoms with Crippen molar-refractivity contribution >= 4 is 11.6 Å². The van der Waals surface area contributed by atoms with Gasteiger partial charge in [0.05, 0.1) is 5.92 Å². The highest BCUT2D eigenvalue weighted by Gasteiger charge is 2.29. The zero-order valence-corrected chi connectivity index (χ0v) is 10.7. The van der Waals surface area contributed by atoms with Crippen molar-refractivity contribution in [3.05, 3.63) is 29.3 Å². The fourth-order valence-electron chi connectivity index (χ4n) is 2.34. The lowest BCUT2D eigenvalue weighted by atomic mass is 9.97. The fraction of sp³-hybridized carbons (Fsp3) is 0.500. The van der Waals surface area contributed by atoms with Crippen LogP contribution >= 0.6 is 0 Å². The molecule has 0 spiro atoms. The van der Waals surface area contributed by atoms with Crippen LogP contribution in [0.4, 0.5) is 5.69 Å². The minimum absolute atomic E-state index is 0.0932. The van der Waals surface area contributed by atoms with Gasteiger partial charge in [0.25, 0.3) is 0 Å². The van der Waals surface area contributed by atoms with E-state index >= 15 is 0 Å². The molecule has 0 aromatic heterocycles. The molecule has 1 heterocycles. The number of hydrogen-bond donors (Lipinski definition) is 2. The molecule has 17 heavy (non-hydrogen) atoms. The smallest absolute Gasteiger partial charge is 0.229 e. The van der Waals surface area contributed by atoms with Gasteiger partial charge in [-0.1, -0.05) is 24.6 Å². The maximum atomic E-state index is 12.1. The van der Waals surface area contributed by atoms with Gasteiger partial charge in [-0.15, -0.1) is 0 Å². The van der Waals surface area contributed by atoms with Crippen LogP contribution in [0, 0.1) is 25.7 Å². The second kappa shape index (κ2) is 4.88. The second-order valence-corrected chi connectivity index (χ2v) is 5.05. The molecule has 3 nitrogen and oxygen atoms in total.